The quantitative estimate of drug-likeness (QED) is 0.663. The lowest BCUT2D eigenvalue weighted by Crippen LogP contribution is -2.32. The van der Waals surface area contributed by atoms with Crippen LogP contribution >= 0.6 is 15.9 Å². The maximum absolute atomic E-state index is 10.7. The summed E-state index contributed by atoms with van der Waals surface area (Å²) in [6.07, 6.45) is 5.56. The minimum atomic E-state index is 0.402. The summed E-state index contributed by atoms with van der Waals surface area (Å²) in [4.78, 5) is 25.2. The van der Waals surface area contributed by atoms with Crippen LogP contribution in [-0.2, 0) is 11.3 Å². The lowest BCUT2D eigenvalue weighted by molar-refractivity contribution is -0.119. The Morgan fingerprint density at radius 1 is 1.38 bits per heavy atom. The molecule has 2 N–H and O–H groups in total. The standard InChI is InChI=1S/C13H17BrN6O/c14-13-18-10-11(15)16-7-17-12(10)20(13)6-3-9-1-4-19(8-21)5-2-9/h7-9H,1-6H2,(H2,15,16,17). The number of imidazole rings is 1. The Morgan fingerprint density at radius 2 is 2.14 bits per heavy atom. The van der Waals surface area contributed by atoms with E-state index in [0.717, 1.165) is 55.7 Å². The molecular formula is C13H17BrN6O. The minimum absolute atomic E-state index is 0.402. The molecule has 0 aromatic carbocycles. The van der Waals surface area contributed by atoms with E-state index < -0.39 is 0 Å². The third kappa shape index (κ3) is 2.85. The third-order valence-electron chi connectivity index (χ3n) is 4.07. The van der Waals surface area contributed by atoms with Crippen LogP contribution in [0, 0.1) is 5.92 Å². The predicted octanol–water partition coefficient (Wildman–Crippen LogP) is 1.43. The topological polar surface area (TPSA) is 89.9 Å². The molecule has 2 aromatic rings. The Balaban J connectivity index is 1.70. The van der Waals surface area contributed by atoms with Crippen LogP contribution in [-0.4, -0.2) is 43.9 Å². The number of amides is 1. The number of aromatic nitrogens is 4. The summed E-state index contributed by atoms with van der Waals surface area (Å²) in [7, 11) is 0. The van der Waals surface area contributed by atoms with Gasteiger partial charge in [0, 0.05) is 19.6 Å². The minimum Gasteiger partial charge on any atom is -0.382 e. The number of anilines is 1. The number of rotatable bonds is 4. The van der Waals surface area contributed by atoms with Gasteiger partial charge in [0.1, 0.15) is 6.33 Å². The molecule has 0 unspecified atom stereocenters. The van der Waals surface area contributed by atoms with Crippen LogP contribution in [0.2, 0.25) is 0 Å². The van der Waals surface area contributed by atoms with Gasteiger partial charge in [0.25, 0.3) is 0 Å². The molecule has 0 atom stereocenters. The number of likely N-dealkylation sites (tertiary alicyclic amines) is 1. The largest absolute Gasteiger partial charge is 0.382 e. The zero-order valence-corrected chi connectivity index (χ0v) is 13.2. The zero-order chi connectivity index (χ0) is 14.8. The molecule has 1 saturated heterocycles. The summed E-state index contributed by atoms with van der Waals surface area (Å²) < 4.78 is 2.76. The SMILES string of the molecule is Nc1ncnc2c1nc(Br)n2CCC1CCN(C=O)CC1. The molecule has 21 heavy (non-hydrogen) atoms. The first-order valence-corrected chi connectivity index (χ1v) is 7.80. The highest BCUT2D eigenvalue weighted by molar-refractivity contribution is 9.10. The molecule has 0 aliphatic carbocycles. The van der Waals surface area contributed by atoms with Crippen LogP contribution in [0.15, 0.2) is 11.1 Å². The van der Waals surface area contributed by atoms with Gasteiger partial charge in [-0.3, -0.25) is 4.79 Å². The average molecular weight is 353 g/mol. The van der Waals surface area contributed by atoms with Crippen molar-refractivity contribution in [1.82, 2.24) is 24.4 Å². The smallest absolute Gasteiger partial charge is 0.209 e. The van der Waals surface area contributed by atoms with Crippen LogP contribution in [0.5, 0.6) is 0 Å². The first kappa shape index (κ1) is 14.2. The van der Waals surface area contributed by atoms with Crippen LogP contribution < -0.4 is 5.73 Å². The molecule has 1 aliphatic rings. The van der Waals surface area contributed by atoms with Crippen molar-refractivity contribution in [2.24, 2.45) is 5.92 Å². The van der Waals surface area contributed by atoms with Gasteiger partial charge in [-0.2, -0.15) is 0 Å². The van der Waals surface area contributed by atoms with Gasteiger partial charge in [-0.15, -0.1) is 0 Å². The highest BCUT2D eigenvalue weighted by Gasteiger charge is 2.19. The van der Waals surface area contributed by atoms with E-state index in [1.54, 1.807) is 0 Å². The Labute approximate surface area is 130 Å². The second-order valence-corrected chi connectivity index (χ2v) is 6.05. The monoisotopic (exact) mass is 352 g/mol. The summed E-state index contributed by atoms with van der Waals surface area (Å²) in [5.74, 6) is 1.03. The average Bonchev–Trinajstić information content (AvgIpc) is 2.83. The van der Waals surface area contributed by atoms with Gasteiger partial charge in [-0.05, 0) is 41.1 Å². The zero-order valence-electron chi connectivity index (χ0n) is 11.6. The number of nitrogens with zero attached hydrogens (tertiary/aromatic N) is 5. The van der Waals surface area contributed by atoms with Gasteiger partial charge in [-0.25, -0.2) is 15.0 Å². The Morgan fingerprint density at radius 3 is 2.86 bits per heavy atom. The summed E-state index contributed by atoms with van der Waals surface area (Å²) >= 11 is 3.46. The van der Waals surface area contributed by atoms with E-state index in [2.05, 4.69) is 30.9 Å². The highest BCUT2D eigenvalue weighted by atomic mass is 79.9. The number of nitrogens with two attached hydrogens (primary N) is 1. The molecule has 0 spiro atoms. The van der Waals surface area contributed by atoms with Crippen molar-refractivity contribution in [3.8, 4) is 0 Å². The van der Waals surface area contributed by atoms with E-state index >= 15 is 0 Å². The second kappa shape index (κ2) is 5.97. The molecule has 3 heterocycles. The van der Waals surface area contributed by atoms with Crippen molar-refractivity contribution in [3.63, 3.8) is 0 Å². The van der Waals surface area contributed by atoms with Crippen molar-refractivity contribution < 1.29 is 4.79 Å². The Hall–Kier alpha value is -1.70. The molecular weight excluding hydrogens is 336 g/mol. The van der Waals surface area contributed by atoms with Gasteiger partial charge >= 0.3 is 0 Å². The molecule has 2 aromatic heterocycles. The normalized spacial score (nSPS) is 16.5. The van der Waals surface area contributed by atoms with Crippen LogP contribution in [0.1, 0.15) is 19.3 Å². The van der Waals surface area contributed by atoms with Crippen molar-refractivity contribution in [3.05, 3.63) is 11.1 Å². The van der Waals surface area contributed by atoms with Gasteiger partial charge in [0.2, 0.25) is 6.41 Å². The molecule has 1 fully saturated rings. The maximum Gasteiger partial charge on any atom is 0.209 e. The molecule has 7 nitrogen and oxygen atoms in total. The fourth-order valence-corrected chi connectivity index (χ4v) is 3.31. The van der Waals surface area contributed by atoms with E-state index in [4.69, 9.17) is 5.73 Å². The lowest BCUT2D eigenvalue weighted by Gasteiger charge is -2.29. The van der Waals surface area contributed by atoms with Crippen LogP contribution in [0.3, 0.4) is 0 Å². The number of hydrogen-bond acceptors (Lipinski definition) is 5. The van der Waals surface area contributed by atoms with Gasteiger partial charge < -0.3 is 15.2 Å². The summed E-state index contributed by atoms with van der Waals surface area (Å²) in [5, 5.41) is 0. The summed E-state index contributed by atoms with van der Waals surface area (Å²) in [6.45, 7) is 2.55. The number of hydrogen-bond donors (Lipinski definition) is 1. The highest BCUT2D eigenvalue weighted by Crippen LogP contribution is 2.25. The maximum atomic E-state index is 10.7. The van der Waals surface area contributed by atoms with Gasteiger partial charge in [-0.1, -0.05) is 0 Å². The molecule has 1 aliphatic heterocycles. The van der Waals surface area contributed by atoms with E-state index in [1.807, 2.05) is 9.47 Å². The second-order valence-electron chi connectivity index (χ2n) is 5.34. The van der Waals surface area contributed by atoms with Crippen molar-refractivity contribution in [1.29, 1.82) is 0 Å². The van der Waals surface area contributed by atoms with Crippen LogP contribution in [0.25, 0.3) is 11.2 Å². The third-order valence-corrected chi connectivity index (χ3v) is 4.68. The van der Waals surface area contributed by atoms with Crippen molar-refractivity contribution >= 4 is 39.3 Å². The predicted molar refractivity (Wildman–Crippen MR) is 82.4 cm³/mol. The van der Waals surface area contributed by atoms with E-state index in [0.29, 0.717) is 17.3 Å². The van der Waals surface area contributed by atoms with E-state index in [9.17, 15) is 4.79 Å². The number of carbonyl (C=O) groups excluding carboxylic acids is 1. The number of fused-ring (bicyclic) bond motifs is 1. The molecule has 0 bridgehead atoms. The summed E-state index contributed by atoms with van der Waals surface area (Å²) in [6, 6.07) is 0. The van der Waals surface area contributed by atoms with Crippen molar-refractivity contribution in [2.45, 2.75) is 25.8 Å². The number of carbonyl (C=O) groups is 1. The van der Waals surface area contributed by atoms with Crippen LogP contribution in [0.4, 0.5) is 5.82 Å². The summed E-state index contributed by atoms with van der Waals surface area (Å²) in [5.41, 5.74) is 7.22. The molecule has 1 amide bonds. The Kier molecular flexibility index (Phi) is 4.05. The first-order chi connectivity index (χ1) is 10.2. The van der Waals surface area contributed by atoms with E-state index in [1.165, 1.54) is 6.33 Å². The molecule has 0 radical (unpaired) electrons. The molecule has 8 heteroatoms. The fourth-order valence-electron chi connectivity index (χ4n) is 2.78. The van der Waals surface area contributed by atoms with Crippen molar-refractivity contribution in [2.75, 3.05) is 18.8 Å². The first-order valence-electron chi connectivity index (χ1n) is 7.00. The number of nitrogen functional groups attached to an aromatic ring is 1. The molecule has 0 saturated carbocycles. The van der Waals surface area contributed by atoms with E-state index in [-0.39, 0.29) is 0 Å². The fraction of sp³-hybridized carbons (Fsp3) is 0.538. The lowest BCUT2D eigenvalue weighted by atomic mass is 9.94. The number of halogens is 1. The number of aryl methyl sites for hydroxylation is 1. The molecule has 3 rings (SSSR count). The molecule has 112 valence electrons. The number of piperidine rings is 1. The van der Waals surface area contributed by atoms with Gasteiger partial charge in [0.15, 0.2) is 21.7 Å². The van der Waals surface area contributed by atoms with Gasteiger partial charge in [0.05, 0.1) is 0 Å². The Bertz CT molecular complexity index is 649.